The van der Waals surface area contributed by atoms with E-state index in [-0.39, 0.29) is 18.2 Å². The van der Waals surface area contributed by atoms with Gasteiger partial charge in [-0.25, -0.2) is 8.42 Å². The van der Waals surface area contributed by atoms with Crippen molar-refractivity contribution in [3.05, 3.63) is 52.2 Å². The Balaban J connectivity index is 1.82. The van der Waals surface area contributed by atoms with E-state index in [0.717, 1.165) is 4.88 Å². The van der Waals surface area contributed by atoms with Gasteiger partial charge in [-0.1, -0.05) is 18.2 Å². The third kappa shape index (κ3) is 3.88. The molecule has 1 saturated heterocycles. The van der Waals surface area contributed by atoms with Gasteiger partial charge >= 0.3 is 0 Å². The SMILES string of the molecule is CCOc1ccccc1C(=O)N1CCC(c2cccs2)S(=O)(=O)CC1. The normalized spacial score (nSPS) is 20.0. The van der Waals surface area contributed by atoms with Crippen LogP contribution in [0, 0.1) is 0 Å². The summed E-state index contributed by atoms with van der Waals surface area (Å²) in [5.74, 6) is 0.348. The predicted octanol–water partition coefficient (Wildman–Crippen LogP) is 3.15. The summed E-state index contributed by atoms with van der Waals surface area (Å²) < 4.78 is 30.8. The maximum absolute atomic E-state index is 12.9. The Bertz CT molecular complexity index is 831. The molecule has 1 aliphatic rings. The quantitative estimate of drug-likeness (QED) is 0.819. The Labute approximate surface area is 152 Å². The summed E-state index contributed by atoms with van der Waals surface area (Å²) in [7, 11) is -3.27. The molecule has 7 heteroatoms. The second-order valence-corrected chi connectivity index (χ2v) is 9.16. The zero-order valence-corrected chi connectivity index (χ0v) is 15.7. The monoisotopic (exact) mass is 379 g/mol. The van der Waals surface area contributed by atoms with Crippen molar-refractivity contribution < 1.29 is 17.9 Å². The lowest BCUT2D eigenvalue weighted by atomic mass is 10.1. The van der Waals surface area contributed by atoms with E-state index >= 15 is 0 Å². The van der Waals surface area contributed by atoms with Gasteiger partial charge in [-0.15, -0.1) is 11.3 Å². The highest BCUT2D eigenvalue weighted by molar-refractivity contribution is 7.91. The largest absolute Gasteiger partial charge is 0.493 e. The number of carbonyl (C=O) groups excluding carboxylic acids is 1. The highest BCUT2D eigenvalue weighted by Crippen LogP contribution is 2.33. The van der Waals surface area contributed by atoms with Crippen LogP contribution in [0.1, 0.15) is 33.8 Å². The van der Waals surface area contributed by atoms with Crippen LogP contribution in [0.15, 0.2) is 41.8 Å². The molecule has 2 aromatic rings. The number of rotatable bonds is 4. The molecule has 0 spiro atoms. The number of carbonyl (C=O) groups is 1. The number of benzene rings is 1. The van der Waals surface area contributed by atoms with Gasteiger partial charge in [-0.2, -0.15) is 0 Å². The molecular formula is C18H21NO4S2. The van der Waals surface area contributed by atoms with Crippen LogP contribution < -0.4 is 4.74 Å². The first kappa shape index (κ1) is 17.9. The van der Waals surface area contributed by atoms with Crippen molar-refractivity contribution in [2.24, 2.45) is 0 Å². The maximum atomic E-state index is 12.9. The minimum Gasteiger partial charge on any atom is -0.493 e. The van der Waals surface area contributed by atoms with E-state index in [2.05, 4.69) is 0 Å². The highest BCUT2D eigenvalue weighted by atomic mass is 32.2. The molecule has 0 aliphatic carbocycles. The van der Waals surface area contributed by atoms with Gasteiger partial charge in [0.25, 0.3) is 5.91 Å². The van der Waals surface area contributed by atoms with Crippen molar-refractivity contribution in [1.82, 2.24) is 4.90 Å². The summed E-state index contributed by atoms with van der Waals surface area (Å²) >= 11 is 1.45. The van der Waals surface area contributed by atoms with E-state index in [1.807, 2.05) is 30.5 Å². The molecule has 3 rings (SSSR count). The smallest absolute Gasteiger partial charge is 0.257 e. The Morgan fingerprint density at radius 3 is 2.76 bits per heavy atom. The lowest BCUT2D eigenvalue weighted by Gasteiger charge is -2.21. The van der Waals surface area contributed by atoms with Crippen LogP contribution in [0.4, 0.5) is 0 Å². The van der Waals surface area contributed by atoms with E-state index in [4.69, 9.17) is 4.74 Å². The van der Waals surface area contributed by atoms with Crippen LogP contribution in [0.5, 0.6) is 5.75 Å². The first-order valence-corrected chi connectivity index (χ1v) is 10.9. The second kappa shape index (κ2) is 7.58. The Kier molecular flexibility index (Phi) is 5.44. The van der Waals surface area contributed by atoms with Crippen LogP contribution in [-0.4, -0.2) is 44.7 Å². The van der Waals surface area contributed by atoms with Gasteiger partial charge in [0.2, 0.25) is 0 Å². The molecule has 1 unspecified atom stereocenters. The number of amides is 1. The lowest BCUT2D eigenvalue weighted by molar-refractivity contribution is 0.0762. The van der Waals surface area contributed by atoms with E-state index in [1.54, 1.807) is 23.1 Å². The first-order valence-electron chi connectivity index (χ1n) is 8.29. The summed E-state index contributed by atoms with van der Waals surface area (Å²) in [5, 5.41) is 1.37. The molecule has 2 heterocycles. The van der Waals surface area contributed by atoms with Crippen molar-refractivity contribution in [3.8, 4) is 5.75 Å². The average molecular weight is 380 g/mol. The molecule has 25 heavy (non-hydrogen) atoms. The third-order valence-electron chi connectivity index (χ3n) is 4.31. The van der Waals surface area contributed by atoms with Crippen molar-refractivity contribution in [1.29, 1.82) is 0 Å². The third-order valence-corrected chi connectivity index (χ3v) is 7.55. The number of nitrogens with zero attached hydrogens (tertiary/aromatic N) is 1. The summed E-state index contributed by atoms with van der Waals surface area (Å²) in [6, 6.07) is 10.8. The lowest BCUT2D eigenvalue weighted by Crippen LogP contribution is -2.33. The molecule has 1 amide bonds. The van der Waals surface area contributed by atoms with Crippen molar-refractivity contribution in [2.75, 3.05) is 25.4 Å². The number of hydrogen-bond donors (Lipinski definition) is 0. The molecule has 5 nitrogen and oxygen atoms in total. The minimum atomic E-state index is -3.27. The summed E-state index contributed by atoms with van der Waals surface area (Å²) in [6.45, 7) is 2.97. The molecule has 1 aromatic heterocycles. The van der Waals surface area contributed by atoms with Crippen LogP contribution in [0.3, 0.4) is 0 Å². The molecule has 1 aliphatic heterocycles. The van der Waals surface area contributed by atoms with E-state index < -0.39 is 15.1 Å². The Morgan fingerprint density at radius 2 is 2.04 bits per heavy atom. The molecule has 1 atom stereocenters. The fourth-order valence-electron chi connectivity index (χ4n) is 3.04. The number of hydrogen-bond acceptors (Lipinski definition) is 5. The number of thiophene rings is 1. The fourth-order valence-corrected chi connectivity index (χ4v) is 6.04. The van der Waals surface area contributed by atoms with Crippen molar-refractivity contribution in [2.45, 2.75) is 18.6 Å². The van der Waals surface area contributed by atoms with Gasteiger partial charge in [-0.05, 0) is 36.9 Å². The van der Waals surface area contributed by atoms with Crippen molar-refractivity contribution >= 4 is 27.1 Å². The molecule has 0 saturated carbocycles. The minimum absolute atomic E-state index is 0.0158. The van der Waals surface area contributed by atoms with Gasteiger partial charge < -0.3 is 9.64 Å². The van der Waals surface area contributed by atoms with Crippen LogP contribution in [0.2, 0.25) is 0 Å². The van der Waals surface area contributed by atoms with Crippen LogP contribution in [-0.2, 0) is 9.84 Å². The molecule has 0 bridgehead atoms. The average Bonchev–Trinajstić information content (AvgIpc) is 3.06. The van der Waals surface area contributed by atoms with Gasteiger partial charge in [-0.3, -0.25) is 4.79 Å². The Hall–Kier alpha value is -1.86. The predicted molar refractivity (Wildman–Crippen MR) is 99.0 cm³/mol. The topological polar surface area (TPSA) is 63.7 Å². The number of sulfone groups is 1. The van der Waals surface area contributed by atoms with Gasteiger partial charge in [0.05, 0.1) is 23.2 Å². The fraction of sp³-hybridized carbons (Fsp3) is 0.389. The zero-order chi connectivity index (χ0) is 17.9. The van der Waals surface area contributed by atoms with Gasteiger partial charge in [0.1, 0.15) is 5.75 Å². The summed E-state index contributed by atoms with van der Waals surface area (Å²) in [4.78, 5) is 15.4. The highest BCUT2D eigenvalue weighted by Gasteiger charge is 2.33. The second-order valence-electron chi connectivity index (χ2n) is 5.88. The first-order chi connectivity index (χ1) is 12.0. The van der Waals surface area contributed by atoms with Crippen LogP contribution >= 0.6 is 11.3 Å². The number of ether oxygens (including phenoxy) is 1. The molecule has 1 aromatic carbocycles. The van der Waals surface area contributed by atoms with E-state index in [0.29, 0.717) is 30.9 Å². The van der Waals surface area contributed by atoms with E-state index in [1.165, 1.54) is 11.3 Å². The molecule has 1 fully saturated rings. The van der Waals surface area contributed by atoms with Crippen LogP contribution in [0.25, 0.3) is 0 Å². The molecule has 0 N–H and O–H groups in total. The standard InChI is InChI=1S/C18H21NO4S2/c1-2-23-15-7-4-3-6-14(15)18(20)19-10-9-17(16-8-5-12-24-16)25(21,22)13-11-19/h3-8,12,17H,2,9-11,13H2,1H3. The van der Waals surface area contributed by atoms with Gasteiger partial charge in [0.15, 0.2) is 9.84 Å². The molecule has 134 valence electrons. The molecule has 0 radical (unpaired) electrons. The van der Waals surface area contributed by atoms with Gasteiger partial charge in [0, 0.05) is 18.0 Å². The number of para-hydroxylation sites is 1. The van der Waals surface area contributed by atoms with Crippen molar-refractivity contribution in [3.63, 3.8) is 0 Å². The summed E-state index contributed by atoms with van der Waals surface area (Å²) in [5.41, 5.74) is 0.483. The zero-order valence-electron chi connectivity index (χ0n) is 14.1. The Morgan fingerprint density at radius 1 is 1.24 bits per heavy atom. The molecular weight excluding hydrogens is 358 g/mol. The maximum Gasteiger partial charge on any atom is 0.257 e. The summed E-state index contributed by atoms with van der Waals surface area (Å²) in [6.07, 6.45) is 0.422. The van der Waals surface area contributed by atoms with E-state index in [9.17, 15) is 13.2 Å².